The molecule has 1 heterocycles. The largest absolute Gasteiger partial charge is 0.378 e. The van der Waals surface area contributed by atoms with Crippen LogP contribution in [0.5, 0.6) is 0 Å². The van der Waals surface area contributed by atoms with Crippen LogP contribution < -0.4 is 5.32 Å². The Kier molecular flexibility index (Phi) is 6.22. The summed E-state index contributed by atoms with van der Waals surface area (Å²) in [5.74, 6) is 0. The van der Waals surface area contributed by atoms with Gasteiger partial charge in [0.25, 0.3) is 0 Å². The van der Waals surface area contributed by atoms with Crippen molar-refractivity contribution in [2.24, 2.45) is 0 Å². The van der Waals surface area contributed by atoms with Gasteiger partial charge in [0, 0.05) is 25.2 Å². The second-order valence-electron chi connectivity index (χ2n) is 4.42. The lowest BCUT2D eigenvalue weighted by molar-refractivity contribution is -0.00980. The SMILES string of the molecule is CCNC(C)CCN1CCOCC1CC. The van der Waals surface area contributed by atoms with Crippen molar-refractivity contribution in [1.29, 1.82) is 0 Å². The Morgan fingerprint density at radius 3 is 2.93 bits per heavy atom. The summed E-state index contributed by atoms with van der Waals surface area (Å²) < 4.78 is 5.50. The van der Waals surface area contributed by atoms with Crippen LogP contribution in [0.4, 0.5) is 0 Å². The number of hydrogen-bond donors (Lipinski definition) is 1. The zero-order chi connectivity index (χ0) is 11.1. The molecule has 3 heteroatoms. The molecule has 0 aromatic rings. The first-order valence-corrected chi connectivity index (χ1v) is 6.33. The minimum absolute atomic E-state index is 0.635. The van der Waals surface area contributed by atoms with Crippen molar-refractivity contribution >= 4 is 0 Å². The van der Waals surface area contributed by atoms with Crippen LogP contribution in [-0.2, 0) is 4.74 Å². The molecule has 0 saturated carbocycles. The third-order valence-corrected chi connectivity index (χ3v) is 3.22. The van der Waals surface area contributed by atoms with Gasteiger partial charge in [0.2, 0.25) is 0 Å². The van der Waals surface area contributed by atoms with E-state index in [1.807, 2.05) is 0 Å². The highest BCUT2D eigenvalue weighted by atomic mass is 16.5. The van der Waals surface area contributed by atoms with Gasteiger partial charge in [0.15, 0.2) is 0 Å². The fraction of sp³-hybridized carbons (Fsp3) is 1.00. The lowest BCUT2D eigenvalue weighted by Gasteiger charge is -2.35. The van der Waals surface area contributed by atoms with Gasteiger partial charge in [-0.25, -0.2) is 0 Å². The Morgan fingerprint density at radius 2 is 2.27 bits per heavy atom. The van der Waals surface area contributed by atoms with Crippen LogP contribution in [-0.4, -0.2) is 49.8 Å². The van der Waals surface area contributed by atoms with E-state index in [-0.39, 0.29) is 0 Å². The van der Waals surface area contributed by atoms with Crippen LogP contribution in [0.1, 0.15) is 33.6 Å². The molecule has 1 aliphatic heterocycles. The molecular weight excluding hydrogens is 188 g/mol. The van der Waals surface area contributed by atoms with E-state index in [9.17, 15) is 0 Å². The summed E-state index contributed by atoms with van der Waals surface area (Å²) in [6.07, 6.45) is 2.44. The first-order chi connectivity index (χ1) is 7.27. The van der Waals surface area contributed by atoms with E-state index in [0.29, 0.717) is 12.1 Å². The Morgan fingerprint density at radius 1 is 1.47 bits per heavy atom. The average Bonchev–Trinajstić information content (AvgIpc) is 2.27. The molecule has 1 fully saturated rings. The minimum Gasteiger partial charge on any atom is -0.378 e. The van der Waals surface area contributed by atoms with E-state index in [4.69, 9.17) is 4.74 Å². The molecule has 0 bridgehead atoms. The Bertz CT molecular complexity index is 164. The summed E-state index contributed by atoms with van der Waals surface area (Å²) in [4.78, 5) is 2.58. The molecule has 90 valence electrons. The van der Waals surface area contributed by atoms with Crippen molar-refractivity contribution in [3.8, 4) is 0 Å². The molecule has 0 spiro atoms. The molecule has 2 unspecified atom stereocenters. The van der Waals surface area contributed by atoms with Crippen molar-refractivity contribution in [3.63, 3.8) is 0 Å². The molecular formula is C12H26N2O. The number of nitrogens with zero attached hydrogens (tertiary/aromatic N) is 1. The summed E-state index contributed by atoms with van der Waals surface area (Å²) >= 11 is 0. The van der Waals surface area contributed by atoms with Crippen molar-refractivity contribution in [2.75, 3.05) is 32.8 Å². The van der Waals surface area contributed by atoms with Crippen molar-refractivity contribution in [3.05, 3.63) is 0 Å². The Hall–Kier alpha value is -0.120. The maximum absolute atomic E-state index is 5.50. The average molecular weight is 214 g/mol. The monoisotopic (exact) mass is 214 g/mol. The lowest BCUT2D eigenvalue weighted by atomic mass is 10.1. The van der Waals surface area contributed by atoms with E-state index < -0.39 is 0 Å². The van der Waals surface area contributed by atoms with Gasteiger partial charge in [-0.2, -0.15) is 0 Å². The first kappa shape index (κ1) is 12.9. The van der Waals surface area contributed by atoms with Crippen LogP contribution in [0.3, 0.4) is 0 Å². The molecule has 1 rings (SSSR count). The highest BCUT2D eigenvalue weighted by molar-refractivity contribution is 4.75. The van der Waals surface area contributed by atoms with E-state index in [1.54, 1.807) is 0 Å². The maximum atomic E-state index is 5.50. The summed E-state index contributed by atoms with van der Waals surface area (Å²) in [5.41, 5.74) is 0. The fourth-order valence-corrected chi connectivity index (χ4v) is 2.17. The fourth-order valence-electron chi connectivity index (χ4n) is 2.17. The van der Waals surface area contributed by atoms with Gasteiger partial charge in [-0.3, -0.25) is 4.90 Å². The normalized spacial score (nSPS) is 25.4. The quantitative estimate of drug-likeness (QED) is 0.725. The topological polar surface area (TPSA) is 24.5 Å². The van der Waals surface area contributed by atoms with Gasteiger partial charge in [-0.1, -0.05) is 13.8 Å². The minimum atomic E-state index is 0.635. The smallest absolute Gasteiger partial charge is 0.0622 e. The highest BCUT2D eigenvalue weighted by Gasteiger charge is 2.20. The molecule has 0 aromatic heterocycles. The lowest BCUT2D eigenvalue weighted by Crippen LogP contribution is -2.46. The molecule has 0 aliphatic carbocycles. The van der Waals surface area contributed by atoms with Crippen molar-refractivity contribution < 1.29 is 4.74 Å². The van der Waals surface area contributed by atoms with E-state index >= 15 is 0 Å². The first-order valence-electron chi connectivity index (χ1n) is 6.33. The molecule has 1 aliphatic rings. The predicted molar refractivity (Wildman–Crippen MR) is 64.2 cm³/mol. The third kappa shape index (κ3) is 4.49. The Balaban J connectivity index is 2.22. The molecule has 0 aromatic carbocycles. The van der Waals surface area contributed by atoms with Gasteiger partial charge >= 0.3 is 0 Å². The van der Waals surface area contributed by atoms with Crippen LogP contribution in [0, 0.1) is 0 Å². The maximum Gasteiger partial charge on any atom is 0.0622 e. The van der Waals surface area contributed by atoms with Crippen LogP contribution in [0.25, 0.3) is 0 Å². The molecule has 15 heavy (non-hydrogen) atoms. The summed E-state index contributed by atoms with van der Waals surface area (Å²) in [7, 11) is 0. The van der Waals surface area contributed by atoms with Gasteiger partial charge < -0.3 is 10.1 Å². The zero-order valence-corrected chi connectivity index (χ0v) is 10.5. The van der Waals surface area contributed by atoms with Gasteiger partial charge in [-0.05, 0) is 26.3 Å². The van der Waals surface area contributed by atoms with Gasteiger partial charge in [0.1, 0.15) is 0 Å². The van der Waals surface area contributed by atoms with Gasteiger partial charge in [0.05, 0.1) is 13.2 Å². The summed E-state index contributed by atoms with van der Waals surface area (Å²) in [5, 5.41) is 3.46. The number of ether oxygens (including phenoxy) is 1. The molecule has 2 atom stereocenters. The van der Waals surface area contributed by atoms with Gasteiger partial charge in [-0.15, -0.1) is 0 Å². The third-order valence-electron chi connectivity index (χ3n) is 3.22. The van der Waals surface area contributed by atoms with Crippen LogP contribution in [0.15, 0.2) is 0 Å². The van der Waals surface area contributed by atoms with E-state index in [1.165, 1.54) is 19.4 Å². The van der Waals surface area contributed by atoms with Crippen molar-refractivity contribution in [1.82, 2.24) is 10.2 Å². The number of morpholine rings is 1. The summed E-state index contributed by atoms with van der Waals surface area (Å²) in [6, 6.07) is 1.28. The standard InChI is InChI=1S/C12H26N2O/c1-4-12-10-15-9-8-14(12)7-6-11(3)13-5-2/h11-13H,4-10H2,1-3H3. The molecule has 3 nitrogen and oxygen atoms in total. The Labute approximate surface area is 94.2 Å². The highest BCUT2D eigenvalue weighted by Crippen LogP contribution is 2.11. The second kappa shape index (κ2) is 7.20. The van der Waals surface area contributed by atoms with E-state index in [0.717, 1.165) is 26.3 Å². The van der Waals surface area contributed by atoms with Crippen molar-refractivity contribution in [2.45, 2.75) is 45.7 Å². The predicted octanol–water partition coefficient (Wildman–Crippen LogP) is 1.49. The molecule has 0 amide bonds. The zero-order valence-electron chi connectivity index (χ0n) is 10.5. The van der Waals surface area contributed by atoms with Crippen LogP contribution >= 0.6 is 0 Å². The number of rotatable bonds is 6. The van der Waals surface area contributed by atoms with E-state index in [2.05, 4.69) is 31.0 Å². The summed E-state index contributed by atoms with van der Waals surface area (Å²) in [6.45, 7) is 11.9. The molecule has 1 saturated heterocycles. The molecule has 0 radical (unpaired) electrons. The second-order valence-corrected chi connectivity index (χ2v) is 4.42. The molecule has 1 N–H and O–H groups in total. The number of hydrogen-bond acceptors (Lipinski definition) is 3. The van der Waals surface area contributed by atoms with Crippen LogP contribution in [0.2, 0.25) is 0 Å². The number of nitrogens with one attached hydrogen (secondary N) is 1.